The topological polar surface area (TPSA) is 53.0 Å². The van der Waals surface area contributed by atoms with Crippen LogP contribution in [0.4, 0.5) is 5.69 Å². The van der Waals surface area contributed by atoms with Crippen LogP contribution < -0.4 is 9.64 Å². The third-order valence-corrected chi connectivity index (χ3v) is 6.35. The zero-order valence-corrected chi connectivity index (χ0v) is 20.3. The molecular weight excluding hydrogens is 456 g/mol. The molecule has 0 spiro atoms. The minimum Gasteiger partial charge on any atom is -0.491 e. The quantitative estimate of drug-likeness (QED) is 0.586. The van der Waals surface area contributed by atoms with E-state index in [2.05, 4.69) is 20.8 Å². The second kappa shape index (κ2) is 10.5. The first-order valence-corrected chi connectivity index (χ1v) is 11.8. The summed E-state index contributed by atoms with van der Waals surface area (Å²) in [5.74, 6) is 0.992. The molecule has 6 heteroatoms. The van der Waals surface area contributed by atoms with Crippen LogP contribution in [0.15, 0.2) is 53.0 Å². The van der Waals surface area contributed by atoms with E-state index < -0.39 is 5.60 Å². The van der Waals surface area contributed by atoms with Gasteiger partial charge in [-0.05, 0) is 75.1 Å². The van der Waals surface area contributed by atoms with E-state index in [0.29, 0.717) is 38.8 Å². The maximum Gasteiger partial charge on any atom is 0.226 e. The summed E-state index contributed by atoms with van der Waals surface area (Å²) in [6.07, 6.45) is 2.47. The van der Waals surface area contributed by atoms with E-state index in [-0.39, 0.29) is 12.0 Å². The van der Waals surface area contributed by atoms with Gasteiger partial charge in [-0.2, -0.15) is 0 Å². The molecule has 1 heterocycles. The fourth-order valence-corrected chi connectivity index (χ4v) is 4.36. The fourth-order valence-electron chi connectivity index (χ4n) is 3.91. The number of ether oxygens (including phenoxy) is 1. The molecule has 0 aromatic heterocycles. The summed E-state index contributed by atoms with van der Waals surface area (Å²) >= 11 is 3.45. The first-order chi connectivity index (χ1) is 14.7. The molecule has 5 nitrogen and oxygen atoms in total. The Morgan fingerprint density at radius 3 is 2.48 bits per heavy atom. The Labute approximate surface area is 194 Å². The molecule has 2 aromatic carbocycles. The van der Waals surface area contributed by atoms with Crippen LogP contribution >= 0.6 is 15.9 Å². The zero-order valence-electron chi connectivity index (χ0n) is 18.7. The van der Waals surface area contributed by atoms with E-state index in [0.717, 1.165) is 28.0 Å². The minimum atomic E-state index is -0.721. The molecule has 0 radical (unpaired) electrons. The van der Waals surface area contributed by atoms with Crippen LogP contribution in [-0.2, 0) is 11.2 Å². The molecule has 31 heavy (non-hydrogen) atoms. The molecule has 0 unspecified atom stereocenters. The van der Waals surface area contributed by atoms with Gasteiger partial charge < -0.3 is 19.6 Å². The largest absolute Gasteiger partial charge is 0.491 e. The van der Waals surface area contributed by atoms with Crippen molar-refractivity contribution in [3.05, 3.63) is 58.6 Å². The van der Waals surface area contributed by atoms with Crippen LogP contribution in [0.2, 0.25) is 0 Å². The number of likely N-dealkylation sites (tertiary alicyclic amines) is 1. The summed E-state index contributed by atoms with van der Waals surface area (Å²) in [5.41, 5.74) is 1.38. The SMILES string of the molecule is CC(C)Oc1ccc(N(C)CCC2(O)CCN(C(=O)Cc3cccc(Br)c3)CC2)cc1. The highest BCUT2D eigenvalue weighted by atomic mass is 79.9. The molecule has 1 saturated heterocycles. The molecule has 0 bridgehead atoms. The molecule has 2 aromatic rings. The van der Waals surface area contributed by atoms with Crippen molar-refractivity contribution in [2.75, 3.05) is 31.6 Å². The average Bonchev–Trinajstić information content (AvgIpc) is 2.73. The van der Waals surface area contributed by atoms with E-state index in [1.54, 1.807) is 0 Å². The van der Waals surface area contributed by atoms with Crippen LogP contribution in [0, 0.1) is 0 Å². The van der Waals surface area contributed by atoms with Crippen molar-refractivity contribution in [2.45, 2.75) is 51.2 Å². The molecule has 0 aliphatic carbocycles. The smallest absolute Gasteiger partial charge is 0.226 e. The maximum atomic E-state index is 12.6. The number of rotatable bonds is 8. The van der Waals surface area contributed by atoms with Gasteiger partial charge >= 0.3 is 0 Å². The van der Waals surface area contributed by atoms with E-state index in [4.69, 9.17) is 4.74 Å². The van der Waals surface area contributed by atoms with Crippen molar-refractivity contribution in [3.63, 3.8) is 0 Å². The predicted octanol–water partition coefficient (Wildman–Crippen LogP) is 4.66. The van der Waals surface area contributed by atoms with E-state index in [1.807, 2.05) is 74.3 Å². The Kier molecular flexibility index (Phi) is 8.00. The highest BCUT2D eigenvalue weighted by molar-refractivity contribution is 9.10. The van der Waals surface area contributed by atoms with Gasteiger partial charge in [-0.25, -0.2) is 0 Å². The van der Waals surface area contributed by atoms with Gasteiger partial charge in [0.05, 0.1) is 18.1 Å². The van der Waals surface area contributed by atoms with Crippen molar-refractivity contribution in [1.82, 2.24) is 4.90 Å². The lowest BCUT2D eigenvalue weighted by Crippen LogP contribution is -2.48. The first-order valence-electron chi connectivity index (χ1n) is 11.0. The molecule has 1 aliphatic heterocycles. The number of piperidine rings is 1. The molecule has 1 N–H and O–H groups in total. The van der Waals surface area contributed by atoms with E-state index >= 15 is 0 Å². The number of benzene rings is 2. The van der Waals surface area contributed by atoms with Crippen LogP contribution in [0.3, 0.4) is 0 Å². The van der Waals surface area contributed by atoms with Crippen molar-refractivity contribution < 1.29 is 14.6 Å². The van der Waals surface area contributed by atoms with Gasteiger partial charge in [-0.15, -0.1) is 0 Å². The Morgan fingerprint density at radius 2 is 1.87 bits per heavy atom. The van der Waals surface area contributed by atoms with Crippen LogP contribution in [0.5, 0.6) is 5.75 Å². The second-order valence-corrected chi connectivity index (χ2v) is 9.66. The van der Waals surface area contributed by atoms with Crippen LogP contribution in [0.1, 0.15) is 38.7 Å². The summed E-state index contributed by atoms with van der Waals surface area (Å²) in [6, 6.07) is 15.9. The number of hydrogen-bond acceptors (Lipinski definition) is 4. The monoisotopic (exact) mass is 488 g/mol. The molecule has 1 fully saturated rings. The molecule has 3 rings (SSSR count). The van der Waals surface area contributed by atoms with Gasteiger partial charge in [0.1, 0.15) is 5.75 Å². The van der Waals surface area contributed by atoms with Gasteiger partial charge in [0.25, 0.3) is 0 Å². The highest BCUT2D eigenvalue weighted by Crippen LogP contribution is 2.28. The maximum absolute atomic E-state index is 12.6. The van der Waals surface area contributed by atoms with Gasteiger partial charge in [0.2, 0.25) is 5.91 Å². The lowest BCUT2D eigenvalue weighted by Gasteiger charge is -2.39. The summed E-state index contributed by atoms with van der Waals surface area (Å²) in [7, 11) is 2.04. The molecule has 1 amide bonds. The summed E-state index contributed by atoms with van der Waals surface area (Å²) in [6.45, 7) is 6.00. The number of halogens is 1. The Balaban J connectivity index is 1.46. The molecule has 0 saturated carbocycles. The number of hydrogen-bond donors (Lipinski definition) is 1. The lowest BCUT2D eigenvalue weighted by atomic mass is 9.87. The van der Waals surface area contributed by atoms with Crippen LogP contribution in [-0.4, -0.2) is 54.3 Å². The number of amides is 1. The number of anilines is 1. The van der Waals surface area contributed by atoms with Gasteiger partial charge in [0, 0.05) is 36.8 Å². The number of carbonyl (C=O) groups is 1. The first kappa shape index (κ1) is 23.6. The molecule has 0 atom stereocenters. The van der Waals surface area contributed by atoms with Gasteiger partial charge in [0.15, 0.2) is 0 Å². The number of nitrogens with zero attached hydrogens (tertiary/aromatic N) is 2. The van der Waals surface area contributed by atoms with Crippen molar-refractivity contribution >= 4 is 27.5 Å². The zero-order chi connectivity index (χ0) is 22.4. The third-order valence-electron chi connectivity index (χ3n) is 5.85. The molecule has 168 valence electrons. The van der Waals surface area contributed by atoms with Crippen molar-refractivity contribution in [1.29, 1.82) is 0 Å². The fraction of sp³-hybridized carbons (Fsp3) is 0.480. The summed E-state index contributed by atoms with van der Waals surface area (Å²) in [4.78, 5) is 16.7. The standard InChI is InChI=1S/C25H33BrN2O3/c1-19(2)31-23-9-7-22(8-10-23)27(3)14-11-25(30)12-15-28(16-13-25)24(29)18-20-5-4-6-21(26)17-20/h4-10,17,19,30H,11-16,18H2,1-3H3. The minimum absolute atomic E-state index is 0.126. The third kappa shape index (κ3) is 6.97. The van der Waals surface area contributed by atoms with Crippen molar-refractivity contribution in [2.24, 2.45) is 0 Å². The molecule has 1 aliphatic rings. The Hall–Kier alpha value is -2.05. The predicted molar refractivity (Wildman–Crippen MR) is 129 cm³/mol. The van der Waals surface area contributed by atoms with Crippen LogP contribution in [0.25, 0.3) is 0 Å². The average molecular weight is 489 g/mol. The van der Waals surface area contributed by atoms with E-state index in [1.165, 1.54) is 0 Å². The van der Waals surface area contributed by atoms with Crippen molar-refractivity contribution in [3.8, 4) is 5.75 Å². The summed E-state index contributed by atoms with van der Waals surface area (Å²) < 4.78 is 6.68. The van der Waals surface area contributed by atoms with Gasteiger partial charge in [-0.3, -0.25) is 4.79 Å². The normalized spacial score (nSPS) is 15.7. The molecular formula is C25H33BrN2O3. The van der Waals surface area contributed by atoms with Gasteiger partial charge in [-0.1, -0.05) is 28.1 Å². The Morgan fingerprint density at radius 1 is 1.19 bits per heavy atom. The number of carbonyl (C=O) groups excluding carboxylic acids is 1. The lowest BCUT2D eigenvalue weighted by molar-refractivity contribution is -0.134. The Bertz CT molecular complexity index is 861. The second-order valence-electron chi connectivity index (χ2n) is 8.74. The highest BCUT2D eigenvalue weighted by Gasteiger charge is 2.33. The summed E-state index contributed by atoms with van der Waals surface area (Å²) in [5, 5.41) is 11.0. The number of aliphatic hydroxyl groups is 1. The van der Waals surface area contributed by atoms with E-state index in [9.17, 15) is 9.90 Å².